The molecule has 348 valence electrons. The fraction of sp³-hybridized carbons (Fsp3) is 0.806. The van der Waals surface area contributed by atoms with Crippen molar-refractivity contribution in [2.75, 3.05) is 39.4 Å². The zero-order valence-corrected chi connectivity index (χ0v) is 38.8. The molecule has 4 N–H and O–H groups in total. The molecule has 60 heavy (non-hydrogen) atoms. The molecular formula is C36H55Cl6F2N3O13. The monoisotopic (exact) mass is 985 g/mol. The summed E-state index contributed by atoms with van der Waals surface area (Å²) >= 11 is 33.3. The minimum absolute atomic E-state index is 0.00498. The van der Waals surface area contributed by atoms with E-state index in [4.69, 9.17) is 94.0 Å². The number of likely N-dealkylation sites (tertiary alicyclic amines) is 2. The maximum atomic E-state index is 13.0. The molecule has 2 fully saturated rings. The SMILES string of the molecule is CC(F)C(O)C(=O)N[C@@H](C)C(=O)N1CCC[C@@H](C(=O)OCC(Cl)(Cl)Cl)C1.CC(F)C(O)C(=O)O.C[C@H](CC(=O)OC(C)(C)C)C(=O)N1CCC[C@@H](C(=O)OCC(Cl)(Cl)Cl)C1. The van der Waals surface area contributed by atoms with Crippen LogP contribution in [0.3, 0.4) is 0 Å². The van der Waals surface area contributed by atoms with Gasteiger partial charge in [-0.3, -0.25) is 28.8 Å². The van der Waals surface area contributed by atoms with Gasteiger partial charge in [0.1, 0.15) is 37.2 Å². The highest BCUT2D eigenvalue weighted by Crippen LogP contribution is 2.29. The molecule has 3 amide bonds. The van der Waals surface area contributed by atoms with Crippen LogP contribution >= 0.6 is 69.6 Å². The summed E-state index contributed by atoms with van der Waals surface area (Å²) < 4.78 is 36.5. The maximum Gasteiger partial charge on any atom is 0.335 e. The number of aliphatic hydroxyl groups is 2. The molecular weight excluding hydrogens is 933 g/mol. The number of aliphatic carboxylic acids is 1. The Hall–Kier alpha value is -2.19. The molecule has 2 saturated heterocycles. The smallest absolute Gasteiger partial charge is 0.335 e. The third kappa shape index (κ3) is 24.4. The minimum atomic E-state index is -1.88. The Bertz CT molecular complexity index is 1450. The van der Waals surface area contributed by atoms with E-state index >= 15 is 0 Å². The highest BCUT2D eigenvalue weighted by molar-refractivity contribution is 6.68. The summed E-state index contributed by atoms with van der Waals surface area (Å²) in [6.07, 6.45) is -4.86. The molecule has 8 atom stereocenters. The van der Waals surface area contributed by atoms with E-state index in [0.29, 0.717) is 38.8 Å². The molecule has 0 spiro atoms. The molecule has 16 nitrogen and oxygen atoms in total. The van der Waals surface area contributed by atoms with Gasteiger partial charge in [-0.05, 0) is 67.2 Å². The van der Waals surface area contributed by atoms with Crippen molar-refractivity contribution in [2.24, 2.45) is 17.8 Å². The van der Waals surface area contributed by atoms with Gasteiger partial charge in [-0.15, -0.1) is 0 Å². The van der Waals surface area contributed by atoms with Crippen LogP contribution in [0.5, 0.6) is 0 Å². The first kappa shape index (κ1) is 57.8. The molecule has 0 aromatic carbocycles. The minimum Gasteiger partial charge on any atom is -0.479 e. The number of aliphatic hydroxyl groups excluding tert-OH is 2. The molecule has 2 rings (SSSR count). The topological polar surface area (TPSA) is 226 Å². The summed E-state index contributed by atoms with van der Waals surface area (Å²) in [5.74, 6) is -6.19. The van der Waals surface area contributed by atoms with Gasteiger partial charge in [0.05, 0.1) is 18.3 Å². The van der Waals surface area contributed by atoms with Gasteiger partial charge in [-0.2, -0.15) is 0 Å². The zero-order chi connectivity index (χ0) is 46.9. The van der Waals surface area contributed by atoms with Crippen LogP contribution in [-0.4, -0.2) is 150 Å². The van der Waals surface area contributed by atoms with Crippen molar-refractivity contribution in [1.82, 2.24) is 15.1 Å². The van der Waals surface area contributed by atoms with E-state index in [1.54, 1.807) is 32.6 Å². The van der Waals surface area contributed by atoms with Gasteiger partial charge in [0.2, 0.25) is 19.4 Å². The van der Waals surface area contributed by atoms with Crippen molar-refractivity contribution in [2.45, 2.75) is 124 Å². The quantitative estimate of drug-likeness (QED) is 0.112. The molecule has 0 saturated carbocycles. The summed E-state index contributed by atoms with van der Waals surface area (Å²) in [5, 5.41) is 27.7. The number of piperidine rings is 2. The summed E-state index contributed by atoms with van der Waals surface area (Å²) in [7, 11) is 0. The van der Waals surface area contributed by atoms with E-state index < -0.39 is 104 Å². The first-order valence-corrected chi connectivity index (χ1v) is 21.0. The number of hydrogen-bond acceptors (Lipinski definition) is 12. The maximum absolute atomic E-state index is 13.0. The van der Waals surface area contributed by atoms with Crippen LogP contribution < -0.4 is 5.32 Å². The molecule has 2 aliphatic heterocycles. The van der Waals surface area contributed by atoms with Gasteiger partial charge in [-0.1, -0.05) is 76.5 Å². The average Bonchev–Trinajstić information content (AvgIpc) is 3.13. The normalized spacial score (nSPS) is 20.1. The largest absolute Gasteiger partial charge is 0.479 e. The van der Waals surface area contributed by atoms with Crippen LogP contribution in [0.15, 0.2) is 0 Å². The number of carboxylic acid groups (broad SMARTS) is 1. The van der Waals surface area contributed by atoms with Gasteiger partial charge in [-0.25, -0.2) is 13.6 Å². The second kappa shape index (κ2) is 26.4. The van der Waals surface area contributed by atoms with Crippen molar-refractivity contribution in [1.29, 1.82) is 0 Å². The molecule has 4 unspecified atom stereocenters. The molecule has 0 aromatic rings. The second-order valence-electron chi connectivity index (χ2n) is 15.2. The van der Waals surface area contributed by atoms with Gasteiger partial charge >= 0.3 is 23.9 Å². The molecule has 24 heteroatoms. The number of ether oxygens (including phenoxy) is 3. The number of carbonyl (C=O) groups excluding carboxylic acids is 6. The van der Waals surface area contributed by atoms with E-state index in [-0.39, 0.29) is 32.0 Å². The highest BCUT2D eigenvalue weighted by atomic mass is 35.6. The Morgan fingerprint density at radius 1 is 0.717 bits per heavy atom. The Labute approximate surface area is 378 Å². The predicted molar refractivity (Wildman–Crippen MR) is 219 cm³/mol. The summed E-state index contributed by atoms with van der Waals surface area (Å²) in [5.41, 5.74) is -0.595. The van der Waals surface area contributed by atoms with Crippen LogP contribution in [0.4, 0.5) is 8.78 Å². The lowest BCUT2D eigenvalue weighted by Crippen LogP contribution is -2.53. The lowest BCUT2D eigenvalue weighted by Gasteiger charge is -2.33. The fourth-order valence-corrected chi connectivity index (χ4v) is 5.68. The van der Waals surface area contributed by atoms with Crippen molar-refractivity contribution >= 4 is 111 Å². The zero-order valence-electron chi connectivity index (χ0n) is 34.2. The molecule has 0 aromatic heterocycles. The number of halogens is 8. The number of rotatable bonds is 13. The third-order valence-corrected chi connectivity index (χ3v) is 8.98. The summed E-state index contributed by atoms with van der Waals surface area (Å²) in [4.78, 5) is 85.4. The van der Waals surface area contributed by atoms with Crippen molar-refractivity contribution in [3.63, 3.8) is 0 Å². The van der Waals surface area contributed by atoms with E-state index in [1.807, 2.05) is 0 Å². The van der Waals surface area contributed by atoms with Crippen molar-refractivity contribution in [3.8, 4) is 0 Å². The third-order valence-electron chi connectivity index (χ3n) is 8.32. The average molecular weight is 989 g/mol. The summed E-state index contributed by atoms with van der Waals surface area (Å²) in [6.45, 7) is 11.0. The van der Waals surface area contributed by atoms with Gasteiger partial charge in [0, 0.05) is 32.1 Å². The highest BCUT2D eigenvalue weighted by Gasteiger charge is 2.36. The van der Waals surface area contributed by atoms with Gasteiger partial charge < -0.3 is 44.6 Å². The number of hydrogen-bond donors (Lipinski definition) is 4. The number of carboxylic acids is 1. The number of nitrogens with zero attached hydrogens (tertiary/aromatic N) is 2. The van der Waals surface area contributed by atoms with Crippen molar-refractivity contribution < 1.29 is 71.9 Å². The molecule has 0 radical (unpaired) electrons. The van der Waals surface area contributed by atoms with Crippen LogP contribution in [0.2, 0.25) is 0 Å². The van der Waals surface area contributed by atoms with E-state index in [1.165, 1.54) is 11.8 Å². The first-order valence-electron chi connectivity index (χ1n) is 18.7. The van der Waals surface area contributed by atoms with Crippen LogP contribution in [0.1, 0.15) is 80.6 Å². The first-order chi connectivity index (χ1) is 27.3. The summed E-state index contributed by atoms with van der Waals surface area (Å²) in [6, 6.07) is -0.980. The Morgan fingerprint density at radius 3 is 1.45 bits per heavy atom. The predicted octanol–water partition coefficient (Wildman–Crippen LogP) is 4.66. The number of esters is 3. The molecule has 2 aliphatic rings. The van der Waals surface area contributed by atoms with E-state index in [0.717, 1.165) is 13.8 Å². The van der Waals surface area contributed by atoms with Crippen molar-refractivity contribution in [3.05, 3.63) is 0 Å². The fourth-order valence-electron chi connectivity index (χ4n) is 5.35. The molecule has 0 aliphatic carbocycles. The number of carbonyl (C=O) groups is 7. The second-order valence-corrected chi connectivity index (χ2v) is 20.2. The van der Waals surface area contributed by atoms with Crippen LogP contribution in [0, 0.1) is 17.8 Å². The standard InChI is InChI=1S/C17H26Cl3NO5.C15H22Cl3FN2O5.C4H7FO3/c1-11(8-13(22)26-16(2,3)4)14(23)21-7-5-6-12(9-21)15(24)25-10-17(18,19)20;1-8(19)11(22)12(23)20-9(2)13(24)21-5-3-4-10(6-21)14(25)26-7-15(16,17)18;1-2(5)3(6)4(7)8/h11-12H,5-10H2,1-4H3;8-11,22H,3-7H2,1-2H3,(H,20,23);2-3,6H,1H3,(H,7,8)/t11-,12-;8?,9-,10+,11?;/m10./s1. The van der Waals surface area contributed by atoms with E-state index in [2.05, 4.69) is 5.32 Å². The number of nitrogens with one attached hydrogen (secondary N) is 1. The lowest BCUT2D eigenvalue weighted by atomic mass is 9.96. The molecule has 2 heterocycles. The van der Waals surface area contributed by atoms with Gasteiger partial charge in [0.25, 0.3) is 5.91 Å². The number of amides is 3. The van der Waals surface area contributed by atoms with E-state index in [9.17, 15) is 47.4 Å². The van der Waals surface area contributed by atoms with Crippen LogP contribution in [0.25, 0.3) is 0 Å². The lowest BCUT2D eigenvalue weighted by molar-refractivity contribution is -0.159. The Kier molecular flexibility index (Phi) is 25.5. The number of alkyl halides is 8. The van der Waals surface area contributed by atoms with Gasteiger partial charge in [0.15, 0.2) is 12.2 Å². The van der Waals surface area contributed by atoms with Crippen LogP contribution in [-0.2, 0) is 47.8 Å². The Balaban J connectivity index is 0.000000982. The Morgan fingerprint density at radius 2 is 1.12 bits per heavy atom. The molecule has 0 bridgehead atoms.